The number of hydrogen-bond donors (Lipinski definition) is 0. The van der Waals surface area contributed by atoms with Crippen LogP contribution in [0.25, 0.3) is 0 Å². The molecule has 2 nitrogen and oxygen atoms in total. The zero-order chi connectivity index (χ0) is 12.5. The van der Waals surface area contributed by atoms with E-state index in [4.69, 9.17) is 4.74 Å². The van der Waals surface area contributed by atoms with Gasteiger partial charge in [-0.3, -0.25) is 4.79 Å². The van der Waals surface area contributed by atoms with Gasteiger partial charge in [-0.1, -0.05) is 0 Å². The SMILES string of the molecule is COc1c(I)cc(C(F)(F)F)cc1C(C)=O. The van der Waals surface area contributed by atoms with Crippen molar-refractivity contribution in [3.05, 3.63) is 26.8 Å². The lowest BCUT2D eigenvalue weighted by Gasteiger charge is -2.13. The second kappa shape index (κ2) is 4.60. The molecule has 1 rings (SSSR count). The number of carbonyl (C=O) groups excluding carboxylic acids is 1. The minimum atomic E-state index is -4.46. The average molecular weight is 344 g/mol. The van der Waals surface area contributed by atoms with E-state index in [0.29, 0.717) is 0 Å². The smallest absolute Gasteiger partial charge is 0.416 e. The first kappa shape index (κ1) is 13.3. The molecule has 0 atom stereocenters. The van der Waals surface area contributed by atoms with Crippen LogP contribution in [0.1, 0.15) is 22.8 Å². The Hall–Kier alpha value is -0.790. The molecule has 0 aliphatic carbocycles. The van der Waals surface area contributed by atoms with E-state index in [1.807, 2.05) is 0 Å². The first-order chi connectivity index (χ1) is 7.27. The van der Waals surface area contributed by atoms with Crippen molar-refractivity contribution in [2.75, 3.05) is 7.11 Å². The van der Waals surface area contributed by atoms with Crippen LogP contribution in [0, 0.1) is 3.57 Å². The minimum absolute atomic E-state index is 0.0540. The van der Waals surface area contributed by atoms with Crippen LogP contribution in [0.3, 0.4) is 0 Å². The number of carbonyl (C=O) groups is 1. The lowest BCUT2D eigenvalue weighted by atomic mass is 10.1. The molecular weight excluding hydrogens is 336 g/mol. The summed E-state index contributed by atoms with van der Waals surface area (Å²) in [6.45, 7) is 1.20. The summed E-state index contributed by atoms with van der Waals surface area (Å²) in [6.07, 6.45) is -4.46. The number of ether oxygens (including phenoxy) is 1. The maximum Gasteiger partial charge on any atom is 0.416 e. The predicted octanol–water partition coefficient (Wildman–Crippen LogP) is 3.52. The lowest BCUT2D eigenvalue weighted by molar-refractivity contribution is -0.137. The van der Waals surface area contributed by atoms with Gasteiger partial charge in [0.25, 0.3) is 0 Å². The van der Waals surface area contributed by atoms with E-state index < -0.39 is 17.5 Å². The number of methoxy groups -OCH3 is 1. The summed E-state index contributed by atoms with van der Waals surface area (Å²) in [7, 11) is 1.32. The van der Waals surface area contributed by atoms with Gasteiger partial charge in [0, 0.05) is 0 Å². The van der Waals surface area contributed by atoms with E-state index in [9.17, 15) is 18.0 Å². The fraction of sp³-hybridized carbons (Fsp3) is 0.300. The molecule has 0 aromatic heterocycles. The second-order valence-corrected chi connectivity index (χ2v) is 4.26. The molecule has 6 heteroatoms. The molecule has 0 unspecified atom stereocenters. The Bertz CT molecular complexity index is 427. The Labute approximate surface area is 104 Å². The van der Waals surface area contributed by atoms with E-state index in [0.717, 1.165) is 12.1 Å². The van der Waals surface area contributed by atoms with Gasteiger partial charge in [-0.05, 0) is 41.6 Å². The van der Waals surface area contributed by atoms with E-state index in [-0.39, 0.29) is 14.9 Å². The molecule has 88 valence electrons. The van der Waals surface area contributed by atoms with Crippen LogP contribution in [-0.2, 0) is 6.18 Å². The van der Waals surface area contributed by atoms with Crippen LogP contribution in [0.15, 0.2) is 12.1 Å². The first-order valence-electron chi connectivity index (χ1n) is 4.23. The molecule has 1 aromatic carbocycles. The van der Waals surface area contributed by atoms with Crippen molar-refractivity contribution in [3.63, 3.8) is 0 Å². The molecule has 0 aliphatic heterocycles. The number of rotatable bonds is 2. The van der Waals surface area contributed by atoms with E-state index >= 15 is 0 Å². The van der Waals surface area contributed by atoms with Gasteiger partial charge in [-0.25, -0.2) is 0 Å². The fourth-order valence-electron chi connectivity index (χ4n) is 1.23. The van der Waals surface area contributed by atoms with Gasteiger partial charge < -0.3 is 4.74 Å². The third-order valence-electron chi connectivity index (χ3n) is 1.95. The highest BCUT2D eigenvalue weighted by atomic mass is 127. The number of benzene rings is 1. The molecule has 0 spiro atoms. The Morgan fingerprint density at radius 1 is 1.38 bits per heavy atom. The molecule has 0 bridgehead atoms. The van der Waals surface area contributed by atoms with Gasteiger partial charge in [-0.2, -0.15) is 13.2 Å². The van der Waals surface area contributed by atoms with Crippen molar-refractivity contribution in [2.45, 2.75) is 13.1 Å². The van der Waals surface area contributed by atoms with Crippen LogP contribution < -0.4 is 4.74 Å². The summed E-state index contributed by atoms with van der Waals surface area (Å²) in [4.78, 5) is 11.2. The van der Waals surface area contributed by atoms with Crippen molar-refractivity contribution in [1.29, 1.82) is 0 Å². The van der Waals surface area contributed by atoms with Crippen LogP contribution in [0.4, 0.5) is 13.2 Å². The molecule has 0 heterocycles. The molecule has 0 radical (unpaired) electrons. The highest BCUT2D eigenvalue weighted by Gasteiger charge is 2.32. The molecule has 1 aromatic rings. The zero-order valence-corrected chi connectivity index (χ0v) is 10.6. The number of alkyl halides is 3. The first-order valence-corrected chi connectivity index (χ1v) is 5.31. The summed E-state index contributed by atoms with van der Waals surface area (Å²) < 4.78 is 42.6. The standard InChI is InChI=1S/C10H8F3IO2/c1-5(15)7-3-6(10(11,12)13)4-8(14)9(7)16-2/h3-4H,1-2H3. The van der Waals surface area contributed by atoms with Gasteiger partial charge in [0.2, 0.25) is 0 Å². The van der Waals surface area contributed by atoms with Crippen LogP contribution >= 0.6 is 22.6 Å². The van der Waals surface area contributed by atoms with E-state index in [1.54, 1.807) is 22.6 Å². The van der Waals surface area contributed by atoms with Crippen molar-refractivity contribution in [1.82, 2.24) is 0 Å². The Kier molecular flexibility index (Phi) is 3.82. The molecule has 0 saturated carbocycles. The molecule has 0 N–H and O–H groups in total. The summed E-state index contributed by atoms with van der Waals surface area (Å²) >= 11 is 1.71. The predicted molar refractivity (Wildman–Crippen MR) is 60.7 cm³/mol. The van der Waals surface area contributed by atoms with E-state index in [1.165, 1.54) is 14.0 Å². The maximum atomic E-state index is 12.5. The molecule has 0 aliphatic rings. The van der Waals surface area contributed by atoms with Gasteiger partial charge in [-0.15, -0.1) is 0 Å². The number of hydrogen-bond acceptors (Lipinski definition) is 2. The van der Waals surface area contributed by atoms with Crippen molar-refractivity contribution < 1.29 is 22.7 Å². The average Bonchev–Trinajstić information content (AvgIpc) is 2.14. The van der Waals surface area contributed by atoms with Crippen molar-refractivity contribution in [3.8, 4) is 5.75 Å². The molecule has 16 heavy (non-hydrogen) atoms. The van der Waals surface area contributed by atoms with Crippen molar-refractivity contribution >= 4 is 28.4 Å². The topological polar surface area (TPSA) is 26.3 Å². The highest BCUT2D eigenvalue weighted by molar-refractivity contribution is 14.1. The molecule has 0 amide bonds. The minimum Gasteiger partial charge on any atom is -0.495 e. The molecule has 0 fully saturated rings. The van der Waals surface area contributed by atoms with Crippen molar-refractivity contribution in [2.24, 2.45) is 0 Å². The Balaban J connectivity index is 3.46. The molecular formula is C10H8F3IO2. The van der Waals surface area contributed by atoms with Gasteiger partial charge in [0.15, 0.2) is 5.78 Å². The summed E-state index contributed by atoms with van der Waals surface area (Å²) in [6, 6.07) is 1.76. The monoisotopic (exact) mass is 344 g/mol. The van der Waals surface area contributed by atoms with Gasteiger partial charge in [0.1, 0.15) is 5.75 Å². The Morgan fingerprint density at radius 2 is 1.94 bits per heavy atom. The quantitative estimate of drug-likeness (QED) is 0.606. The summed E-state index contributed by atoms with van der Waals surface area (Å²) in [5.41, 5.74) is -0.898. The number of Topliss-reactive ketones (excluding diaryl/α,β-unsaturated/α-hetero) is 1. The Morgan fingerprint density at radius 3 is 2.31 bits per heavy atom. The fourth-order valence-corrected chi connectivity index (χ4v) is 2.07. The van der Waals surface area contributed by atoms with Gasteiger partial charge >= 0.3 is 6.18 Å². The third-order valence-corrected chi connectivity index (χ3v) is 2.76. The number of halogens is 4. The summed E-state index contributed by atoms with van der Waals surface area (Å²) in [5.74, 6) is -0.276. The zero-order valence-electron chi connectivity index (χ0n) is 8.48. The van der Waals surface area contributed by atoms with Crippen LogP contribution in [0.5, 0.6) is 5.75 Å². The van der Waals surface area contributed by atoms with Gasteiger partial charge in [0.05, 0.1) is 21.8 Å². The highest BCUT2D eigenvalue weighted by Crippen LogP contribution is 2.35. The lowest BCUT2D eigenvalue weighted by Crippen LogP contribution is -2.09. The number of ketones is 1. The third kappa shape index (κ3) is 2.66. The largest absolute Gasteiger partial charge is 0.495 e. The maximum absolute atomic E-state index is 12.5. The van der Waals surface area contributed by atoms with Crippen LogP contribution in [0.2, 0.25) is 0 Å². The molecule has 0 saturated heterocycles. The second-order valence-electron chi connectivity index (χ2n) is 3.09. The summed E-state index contributed by atoms with van der Waals surface area (Å²) in [5, 5.41) is 0. The van der Waals surface area contributed by atoms with E-state index in [2.05, 4.69) is 0 Å². The normalized spacial score (nSPS) is 11.4. The van der Waals surface area contributed by atoms with Crippen LogP contribution in [-0.4, -0.2) is 12.9 Å².